The first kappa shape index (κ1) is 8.07. The van der Waals surface area contributed by atoms with E-state index in [0.717, 1.165) is 5.56 Å². The number of amides is 1. The molecule has 60 valence electrons. The van der Waals surface area contributed by atoms with Gasteiger partial charge in [-0.25, -0.2) is 0 Å². The zero-order chi connectivity index (χ0) is 8.43. The first-order valence-electron chi connectivity index (χ1n) is 3.22. The topological polar surface area (TPSA) is 55.1 Å². The third-order valence-electron chi connectivity index (χ3n) is 1.46. The zero-order valence-electron chi connectivity index (χ0n) is 6.47. The molecule has 3 N–H and O–H groups in total. The molecule has 0 fully saturated rings. The van der Waals surface area contributed by atoms with E-state index in [0.29, 0.717) is 10.6 Å². The molecule has 0 aromatic carbocycles. The van der Waals surface area contributed by atoms with Gasteiger partial charge in [0.1, 0.15) is 0 Å². The molecule has 1 amide bonds. The molecule has 0 saturated carbocycles. The normalized spacial score (nSPS) is 9.64. The minimum Gasteiger partial charge on any atom is -0.390 e. The van der Waals surface area contributed by atoms with Crippen LogP contribution in [0.5, 0.6) is 0 Å². The number of hydrogen-bond donors (Lipinski definition) is 2. The van der Waals surface area contributed by atoms with Crippen molar-refractivity contribution in [3.05, 3.63) is 16.5 Å². The van der Waals surface area contributed by atoms with Crippen molar-refractivity contribution < 1.29 is 4.79 Å². The molecular formula is C7H10N2OS. The van der Waals surface area contributed by atoms with E-state index < -0.39 is 0 Å². The Hall–Kier alpha value is -1.03. The van der Waals surface area contributed by atoms with Gasteiger partial charge >= 0.3 is 0 Å². The fourth-order valence-electron chi connectivity index (χ4n) is 0.880. The molecule has 0 aliphatic heterocycles. The van der Waals surface area contributed by atoms with Crippen LogP contribution in [0.25, 0.3) is 0 Å². The van der Waals surface area contributed by atoms with Crippen molar-refractivity contribution in [2.75, 3.05) is 12.8 Å². The second-order valence-corrected chi connectivity index (χ2v) is 3.15. The molecular weight excluding hydrogens is 160 g/mol. The number of nitrogens with two attached hydrogens (primary N) is 1. The fraction of sp³-hybridized carbons (Fsp3) is 0.286. The first-order valence-corrected chi connectivity index (χ1v) is 4.10. The Morgan fingerprint density at radius 3 is 2.73 bits per heavy atom. The van der Waals surface area contributed by atoms with Crippen LogP contribution in [0.1, 0.15) is 15.9 Å². The van der Waals surface area contributed by atoms with Crippen LogP contribution in [0, 0.1) is 6.92 Å². The molecule has 0 aliphatic rings. The Kier molecular flexibility index (Phi) is 2.14. The highest BCUT2D eigenvalue weighted by molar-refractivity contribution is 7.14. The first-order chi connectivity index (χ1) is 5.16. The van der Waals surface area contributed by atoms with E-state index in [1.54, 1.807) is 7.05 Å². The summed E-state index contributed by atoms with van der Waals surface area (Å²) in [6.07, 6.45) is 0. The summed E-state index contributed by atoms with van der Waals surface area (Å²) in [5, 5.41) is 5.00. The second-order valence-electron chi connectivity index (χ2n) is 2.24. The Morgan fingerprint density at radius 2 is 2.36 bits per heavy atom. The van der Waals surface area contributed by atoms with Gasteiger partial charge in [-0.2, -0.15) is 0 Å². The van der Waals surface area contributed by atoms with E-state index in [-0.39, 0.29) is 5.91 Å². The maximum atomic E-state index is 11.1. The van der Waals surface area contributed by atoms with Crippen molar-refractivity contribution in [1.82, 2.24) is 5.32 Å². The van der Waals surface area contributed by atoms with E-state index in [1.165, 1.54) is 11.3 Å². The molecule has 1 aromatic heterocycles. The molecule has 0 atom stereocenters. The number of hydrogen-bond acceptors (Lipinski definition) is 3. The quantitative estimate of drug-likeness (QED) is 0.660. The Morgan fingerprint density at radius 1 is 1.73 bits per heavy atom. The number of carbonyl (C=O) groups is 1. The van der Waals surface area contributed by atoms with E-state index in [1.807, 2.05) is 12.3 Å². The summed E-state index contributed by atoms with van der Waals surface area (Å²) < 4.78 is 0. The highest BCUT2D eigenvalue weighted by atomic mass is 32.1. The number of thiophene rings is 1. The van der Waals surface area contributed by atoms with E-state index >= 15 is 0 Å². The van der Waals surface area contributed by atoms with Gasteiger partial charge in [0, 0.05) is 7.05 Å². The van der Waals surface area contributed by atoms with Gasteiger partial charge in [-0.05, 0) is 17.9 Å². The van der Waals surface area contributed by atoms with Crippen LogP contribution in [0.2, 0.25) is 0 Å². The summed E-state index contributed by atoms with van der Waals surface area (Å²) in [7, 11) is 1.60. The third kappa shape index (κ3) is 1.35. The Bertz CT molecular complexity index is 260. The molecule has 0 bridgehead atoms. The lowest BCUT2D eigenvalue weighted by Crippen LogP contribution is -2.19. The van der Waals surface area contributed by atoms with E-state index in [9.17, 15) is 4.79 Å². The van der Waals surface area contributed by atoms with Crippen molar-refractivity contribution in [3.63, 3.8) is 0 Å². The largest absolute Gasteiger partial charge is 0.390 e. The molecule has 1 rings (SSSR count). The van der Waals surface area contributed by atoms with E-state index in [4.69, 9.17) is 5.73 Å². The lowest BCUT2D eigenvalue weighted by atomic mass is 10.2. The zero-order valence-corrected chi connectivity index (χ0v) is 7.29. The van der Waals surface area contributed by atoms with E-state index in [2.05, 4.69) is 5.32 Å². The third-order valence-corrected chi connectivity index (χ3v) is 2.39. The number of rotatable bonds is 1. The van der Waals surface area contributed by atoms with Crippen LogP contribution in [-0.2, 0) is 0 Å². The van der Waals surface area contributed by atoms with Gasteiger partial charge in [0.15, 0.2) is 0 Å². The summed E-state index contributed by atoms with van der Waals surface area (Å²) in [5.41, 5.74) is 7.12. The van der Waals surface area contributed by atoms with Gasteiger partial charge in [-0.3, -0.25) is 4.79 Å². The molecule has 0 radical (unpaired) electrons. The van der Waals surface area contributed by atoms with Crippen LogP contribution < -0.4 is 11.1 Å². The summed E-state index contributed by atoms with van der Waals surface area (Å²) in [6.45, 7) is 1.87. The molecule has 1 aromatic rings. The molecule has 0 saturated heterocycles. The lowest BCUT2D eigenvalue weighted by molar-refractivity contribution is 0.0964. The average molecular weight is 170 g/mol. The minimum atomic E-state index is -0.110. The lowest BCUT2D eigenvalue weighted by Gasteiger charge is -1.98. The van der Waals surface area contributed by atoms with Gasteiger partial charge in [0.2, 0.25) is 0 Å². The van der Waals surface area contributed by atoms with Crippen molar-refractivity contribution >= 4 is 22.2 Å². The highest BCUT2D eigenvalue weighted by Gasteiger charge is 2.12. The van der Waals surface area contributed by atoms with Gasteiger partial charge in [0.25, 0.3) is 5.91 Å². The standard InChI is InChI=1S/C7H10N2OS/c1-4-3-11-6(8)5(4)7(10)9-2/h3H,8H2,1-2H3,(H,9,10). The monoisotopic (exact) mass is 170 g/mol. The molecule has 0 spiro atoms. The summed E-state index contributed by atoms with van der Waals surface area (Å²) in [5.74, 6) is -0.110. The van der Waals surface area contributed by atoms with Crippen molar-refractivity contribution in [2.45, 2.75) is 6.92 Å². The molecule has 11 heavy (non-hydrogen) atoms. The van der Waals surface area contributed by atoms with Gasteiger partial charge in [-0.1, -0.05) is 0 Å². The SMILES string of the molecule is CNC(=O)c1c(C)csc1N. The number of anilines is 1. The van der Waals surface area contributed by atoms with Gasteiger partial charge < -0.3 is 11.1 Å². The summed E-state index contributed by atoms with van der Waals surface area (Å²) in [6, 6.07) is 0. The van der Waals surface area contributed by atoms with Crippen molar-refractivity contribution in [3.8, 4) is 0 Å². The summed E-state index contributed by atoms with van der Waals surface area (Å²) in [4.78, 5) is 11.1. The van der Waals surface area contributed by atoms with Gasteiger partial charge in [-0.15, -0.1) is 11.3 Å². The Labute approximate surface area is 69.2 Å². The number of nitrogen functional groups attached to an aromatic ring is 1. The predicted octanol–water partition coefficient (Wildman–Crippen LogP) is 0.998. The molecule has 0 unspecified atom stereocenters. The van der Waals surface area contributed by atoms with Crippen LogP contribution in [0.4, 0.5) is 5.00 Å². The van der Waals surface area contributed by atoms with Crippen molar-refractivity contribution in [1.29, 1.82) is 0 Å². The maximum Gasteiger partial charge on any atom is 0.254 e. The molecule has 4 heteroatoms. The molecule has 1 heterocycles. The van der Waals surface area contributed by atoms with Crippen LogP contribution in [0.3, 0.4) is 0 Å². The summed E-state index contributed by atoms with van der Waals surface area (Å²) >= 11 is 1.39. The Balaban J connectivity index is 3.10. The number of aryl methyl sites for hydroxylation is 1. The van der Waals surface area contributed by atoms with Crippen LogP contribution in [0.15, 0.2) is 5.38 Å². The minimum absolute atomic E-state index is 0.110. The van der Waals surface area contributed by atoms with Crippen molar-refractivity contribution in [2.24, 2.45) is 0 Å². The smallest absolute Gasteiger partial charge is 0.254 e. The second kappa shape index (κ2) is 2.92. The highest BCUT2D eigenvalue weighted by Crippen LogP contribution is 2.23. The molecule has 0 aliphatic carbocycles. The fourth-order valence-corrected chi connectivity index (χ4v) is 1.67. The average Bonchev–Trinajstić information content (AvgIpc) is 2.30. The van der Waals surface area contributed by atoms with Crippen LogP contribution >= 0.6 is 11.3 Å². The number of nitrogens with one attached hydrogen (secondary N) is 1. The van der Waals surface area contributed by atoms with Gasteiger partial charge in [0.05, 0.1) is 10.6 Å². The van der Waals surface area contributed by atoms with Crippen LogP contribution in [-0.4, -0.2) is 13.0 Å². The molecule has 3 nitrogen and oxygen atoms in total. The number of carbonyl (C=O) groups excluding carboxylic acids is 1. The predicted molar refractivity (Wildman–Crippen MR) is 46.9 cm³/mol. The maximum absolute atomic E-state index is 11.1.